The molecular formula is C13H16N2O. The van der Waals surface area contributed by atoms with Gasteiger partial charge in [0, 0.05) is 17.4 Å². The molecule has 0 aliphatic carbocycles. The molecule has 2 N–H and O–H groups in total. The fourth-order valence-electron chi connectivity index (χ4n) is 1.84. The number of benzene rings is 1. The van der Waals surface area contributed by atoms with E-state index < -0.39 is 0 Å². The van der Waals surface area contributed by atoms with Gasteiger partial charge in [-0.2, -0.15) is 0 Å². The number of aryl methyl sites for hydroxylation is 1. The maximum absolute atomic E-state index is 11.9. The lowest BCUT2D eigenvalue weighted by atomic mass is 10.1. The Morgan fingerprint density at radius 2 is 2.12 bits per heavy atom. The minimum atomic E-state index is -0.0180. The van der Waals surface area contributed by atoms with E-state index in [-0.39, 0.29) is 5.91 Å². The van der Waals surface area contributed by atoms with E-state index in [0.717, 1.165) is 22.9 Å². The molecule has 0 saturated heterocycles. The van der Waals surface area contributed by atoms with Crippen LogP contribution in [0.5, 0.6) is 0 Å². The second-order valence-corrected chi connectivity index (χ2v) is 3.93. The third-order valence-electron chi connectivity index (χ3n) is 2.73. The molecule has 0 radical (unpaired) electrons. The van der Waals surface area contributed by atoms with Crippen molar-refractivity contribution in [1.82, 2.24) is 10.3 Å². The van der Waals surface area contributed by atoms with Crippen LogP contribution in [0.3, 0.4) is 0 Å². The lowest BCUT2D eigenvalue weighted by Crippen LogP contribution is -2.24. The standard InChI is InChI=1S/C13H16N2O/c1-3-8-14-13(16)12-9(2)10-6-4-5-7-11(10)15-12/h4-7,15H,3,8H2,1-2H3,(H,14,16). The molecule has 0 fully saturated rings. The molecule has 0 atom stereocenters. The van der Waals surface area contributed by atoms with Crippen molar-refractivity contribution in [3.8, 4) is 0 Å². The molecule has 2 aromatic rings. The van der Waals surface area contributed by atoms with E-state index in [2.05, 4.69) is 10.3 Å². The normalized spacial score (nSPS) is 10.6. The quantitative estimate of drug-likeness (QED) is 0.813. The predicted octanol–water partition coefficient (Wildman–Crippen LogP) is 2.62. The molecule has 84 valence electrons. The smallest absolute Gasteiger partial charge is 0.268 e. The molecule has 1 aromatic carbocycles. The third-order valence-corrected chi connectivity index (χ3v) is 2.73. The first-order valence-electron chi connectivity index (χ1n) is 5.59. The number of para-hydroxylation sites is 1. The number of nitrogens with one attached hydrogen (secondary N) is 2. The van der Waals surface area contributed by atoms with Crippen LogP contribution in [0.1, 0.15) is 29.4 Å². The van der Waals surface area contributed by atoms with Gasteiger partial charge < -0.3 is 10.3 Å². The van der Waals surface area contributed by atoms with Crippen LogP contribution in [0.15, 0.2) is 24.3 Å². The number of hydrogen-bond acceptors (Lipinski definition) is 1. The first-order valence-corrected chi connectivity index (χ1v) is 5.59. The number of aromatic amines is 1. The minimum Gasteiger partial charge on any atom is -0.351 e. The summed E-state index contributed by atoms with van der Waals surface area (Å²) in [6.45, 7) is 4.73. The highest BCUT2D eigenvalue weighted by Crippen LogP contribution is 2.20. The zero-order valence-electron chi connectivity index (χ0n) is 9.63. The third kappa shape index (κ3) is 1.81. The summed E-state index contributed by atoms with van der Waals surface area (Å²) < 4.78 is 0. The Balaban J connectivity index is 2.37. The van der Waals surface area contributed by atoms with E-state index in [1.165, 1.54) is 0 Å². The van der Waals surface area contributed by atoms with E-state index in [0.29, 0.717) is 12.2 Å². The lowest BCUT2D eigenvalue weighted by molar-refractivity contribution is 0.0949. The van der Waals surface area contributed by atoms with Gasteiger partial charge in [0.2, 0.25) is 0 Å². The zero-order chi connectivity index (χ0) is 11.5. The van der Waals surface area contributed by atoms with Crippen molar-refractivity contribution in [2.45, 2.75) is 20.3 Å². The number of aromatic nitrogens is 1. The van der Waals surface area contributed by atoms with Gasteiger partial charge in [-0.3, -0.25) is 4.79 Å². The van der Waals surface area contributed by atoms with Crippen molar-refractivity contribution in [3.63, 3.8) is 0 Å². The van der Waals surface area contributed by atoms with E-state index in [1.54, 1.807) is 0 Å². The molecule has 1 aromatic heterocycles. The first-order chi connectivity index (χ1) is 7.74. The van der Waals surface area contributed by atoms with Crippen LogP contribution in [0, 0.1) is 6.92 Å². The average Bonchev–Trinajstić information content (AvgIpc) is 2.64. The number of carbonyl (C=O) groups is 1. The van der Waals surface area contributed by atoms with Crippen LogP contribution >= 0.6 is 0 Å². The van der Waals surface area contributed by atoms with E-state index in [9.17, 15) is 4.79 Å². The highest BCUT2D eigenvalue weighted by atomic mass is 16.1. The summed E-state index contributed by atoms with van der Waals surface area (Å²) in [5, 5.41) is 4.00. The van der Waals surface area contributed by atoms with Gasteiger partial charge in [-0.05, 0) is 25.0 Å². The summed E-state index contributed by atoms with van der Waals surface area (Å²) in [7, 11) is 0. The van der Waals surface area contributed by atoms with Crippen LogP contribution in [-0.2, 0) is 0 Å². The van der Waals surface area contributed by atoms with Crippen molar-refractivity contribution < 1.29 is 4.79 Å². The van der Waals surface area contributed by atoms with Gasteiger partial charge in [-0.25, -0.2) is 0 Å². The lowest BCUT2D eigenvalue weighted by Gasteiger charge is -2.01. The van der Waals surface area contributed by atoms with Crippen molar-refractivity contribution in [2.75, 3.05) is 6.54 Å². The fraction of sp³-hybridized carbons (Fsp3) is 0.308. The second kappa shape index (κ2) is 4.39. The highest BCUT2D eigenvalue weighted by molar-refractivity contribution is 6.00. The van der Waals surface area contributed by atoms with E-state index in [1.807, 2.05) is 38.1 Å². The van der Waals surface area contributed by atoms with Crippen LogP contribution in [0.4, 0.5) is 0 Å². The van der Waals surface area contributed by atoms with Crippen LogP contribution in [0.2, 0.25) is 0 Å². The molecule has 0 bridgehead atoms. The van der Waals surface area contributed by atoms with Crippen molar-refractivity contribution >= 4 is 16.8 Å². The highest BCUT2D eigenvalue weighted by Gasteiger charge is 2.13. The molecule has 0 aliphatic rings. The summed E-state index contributed by atoms with van der Waals surface area (Å²) in [5.74, 6) is -0.0180. The van der Waals surface area contributed by atoms with E-state index in [4.69, 9.17) is 0 Å². The molecule has 0 aliphatic heterocycles. The fourth-order valence-corrected chi connectivity index (χ4v) is 1.84. The number of hydrogen-bond donors (Lipinski definition) is 2. The molecule has 16 heavy (non-hydrogen) atoms. The molecule has 1 heterocycles. The predicted molar refractivity (Wildman–Crippen MR) is 65.7 cm³/mol. The average molecular weight is 216 g/mol. The Bertz CT molecular complexity index is 514. The van der Waals surface area contributed by atoms with Gasteiger partial charge >= 0.3 is 0 Å². The molecule has 0 spiro atoms. The topological polar surface area (TPSA) is 44.9 Å². The van der Waals surface area contributed by atoms with Crippen LogP contribution < -0.4 is 5.32 Å². The Kier molecular flexibility index (Phi) is 2.95. The van der Waals surface area contributed by atoms with Gasteiger partial charge in [-0.15, -0.1) is 0 Å². The maximum atomic E-state index is 11.9. The van der Waals surface area contributed by atoms with E-state index >= 15 is 0 Å². The Labute approximate surface area is 94.9 Å². The molecule has 0 unspecified atom stereocenters. The molecule has 3 heteroatoms. The first kappa shape index (κ1) is 10.7. The van der Waals surface area contributed by atoms with Gasteiger partial charge in [0.1, 0.15) is 5.69 Å². The van der Waals surface area contributed by atoms with Crippen molar-refractivity contribution in [2.24, 2.45) is 0 Å². The summed E-state index contributed by atoms with van der Waals surface area (Å²) in [4.78, 5) is 15.0. The van der Waals surface area contributed by atoms with Crippen LogP contribution in [0.25, 0.3) is 10.9 Å². The second-order valence-electron chi connectivity index (χ2n) is 3.93. The van der Waals surface area contributed by atoms with Gasteiger partial charge in [0.15, 0.2) is 0 Å². The monoisotopic (exact) mass is 216 g/mol. The van der Waals surface area contributed by atoms with Crippen molar-refractivity contribution in [1.29, 1.82) is 0 Å². The Morgan fingerprint density at radius 1 is 1.38 bits per heavy atom. The summed E-state index contributed by atoms with van der Waals surface area (Å²) >= 11 is 0. The molecule has 1 amide bonds. The van der Waals surface area contributed by atoms with Gasteiger partial charge in [0.25, 0.3) is 5.91 Å². The van der Waals surface area contributed by atoms with Gasteiger partial charge in [0.05, 0.1) is 0 Å². The molecule has 2 rings (SSSR count). The number of fused-ring (bicyclic) bond motifs is 1. The number of carbonyl (C=O) groups excluding carboxylic acids is 1. The SMILES string of the molecule is CCCNC(=O)c1[nH]c2ccccc2c1C. The number of amides is 1. The molecule has 3 nitrogen and oxygen atoms in total. The van der Waals surface area contributed by atoms with Crippen LogP contribution in [-0.4, -0.2) is 17.4 Å². The number of rotatable bonds is 3. The summed E-state index contributed by atoms with van der Waals surface area (Å²) in [6.07, 6.45) is 0.949. The molecular weight excluding hydrogens is 200 g/mol. The largest absolute Gasteiger partial charge is 0.351 e. The minimum absolute atomic E-state index is 0.0180. The van der Waals surface area contributed by atoms with Gasteiger partial charge in [-0.1, -0.05) is 25.1 Å². The number of H-pyrrole nitrogens is 1. The Hall–Kier alpha value is -1.77. The maximum Gasteiger partial charge on any atom is 0.268 e. The zero-order valence-corrected chi connectivity index (χ0v) is 9.63. The van der Waals surface area contributed by atoms with Crippen molar-refractivity contribution in [3.05, 3.63) is 35.5 Å². The summed E-state index contributed by atoms with van der Waals surface area (Å²) in [6, 6.07) is 7.96. The Morgan fingerprint density at radius 3 is 2.81 bits per heavy atom. The summed E-state index contributed by atoms with van der Waals surface area (Å²) in [5.41, 5.74) is 2.71. The molecule has 0 saturated carbocycles.